The van der Waals surface area contributed by atoms with Crippen molar-refractivity contribution in [1.82, 2.24) is 5.32 Å². The third kappa shape index (κ3) is 2.73. The average Bonchev–Trinajstić information content (AvgIpc) is 3.19. The van der Waals surface area contributed by atoms with Crippen LogP contribution in [0, 0.1) is 5.41 Å². The van der Waals surface area contributed by atoms with Gasteiger partial charge < -0.3 is 11.1 Å². The molecule has 0 saturated heterocycles. The first-order chi connectivity index (χ1) is 8.81. The van der Waals surface area contributed by atoms with Gasteiger partial charge in [0.25, 0.3) is 0 Å². The fourth-order valence-electron chi connectivity index (χ4n) is 2.63. The van der Waals surface area contributed by atoms with E-state index in [0.29, 0.717) is 5.41 Å². The normalized spacial score (nSPS) is 20.5. The standard InChI is InChI=1S/C15H22N2S/c16-10-15(5-6-15)11-17-9-12-3-4-14-13(8-12)2-1-7-18-14/h3-4,8,17H,1-2,5-7,9-11,16H2. The molecule has 18 heavy (non-hydrogen) atoms. The van der Waals surface area contributed by atoms with Crippen LogP contribution in [0.4, 0.5) is 0 Å². The summed E-state index contributed by atoms with van der Waals surface area (Å²) in [6.07, 6.45) is 5.18. The zero-order valence-electron chi connectivity index (χ0n) is 10.9. The molecule has 3 N–H and O–H groups in total. The van der Waals surface area contributed by atoms with Crippen molar-refractivity contribution in [3.05, 3.63) is 29.3 Å². The van der Waals surface area contributed by atoms with Gasteiger partial charge in [-0.05, 0) is 60.6 Å². The summed E-state index contributed by atoms with van der Waals surface area (Å²) in [5.41, 5.74) is 9.20. The van der Waals surface area contributed by atoms with E-state index in [9.17, 15) is 0 Å². The molecule has 0 aromatic heterocycles. The number of fused-ring (bicyclic) bond motifs is 1. The molecule has 0 bridgehead atoms. The van der Waals surface area contributed by atoms with Gasteiger partial charge in [0.1, 0.15) is 0 Å². The number of nitrogens with two attached hydrogens (primary N) is 1. The molecule has 98 valence electrons. The molecule has 0 spiro atoms. The van der Waals surface area contributed by atoms with Gasteiger partial charge in [-0.2, -0.15) is 0 Å². The molecule has 1 fully saturated rings. The maximum absolute atomic E-state index is 5.80. The number of hydrogen-bond donors (Lipinski definition) is 2. The highest BCUT2D eigenvalue weighted by molar-refractivity contribution is 7.99. The Morgan fingerprint density at radius 1 is 1.33 bits per heavy atom. The van der Waals surface area contributed by atoms with Crippen LogP contribution in [0.2, 0.25) is 0 Å². The molecule has 0 atom stereocenters. The van der Waals surface area contributed by atoms with Crippen molar-refractivity contribution in [3.63, 3.8) is 0 Å². The van der Waals surface area contributed by atoms with E-state index in [1.165, 1.54) is 41.9 Å². The summed E-state index contributed by atoms with van der Waals surface area (Å²) < 4.78 is 0. The molecule has 1 saturated carbocycles. The summed E-state index contributed by atoms with van der Waals surface area (Å²) in [4.78, 5) is 1.49. The van der Waals surface area contributed by atoms with Crippen LogP contribution in [-0.4, -0.2) is 18.8 Å². The van der Waals surface area contributed by atoms with E-state index >= 15 is 0 Å². The first-order valence-electron chi connectivity index (χ1n) is 6.97. The highest BCUT2D eigenvalue weighted by Gasteiger charge is 2.40. The lowest BCUT2D eigenvalue weighted by Gasteiger charge is -2.17. The summed E-state index contributed by atoms with van der Waals surface area (Å²) in [7, 11) is 0. The minimum Gasteiger partial charge on any atom is -0.330 e. The highest BCUT2D eigenvalue weighted by Crippen LogP contribution is 2.43. The highest BCUT2D eigenvalue weighted by atomic mass is 32.2. The van der Waals surface area contributed by atoms with E-state index in [2.05, 4.69) is 23.5 Å². The summed E-state index contributed by atoms with van der Waals surface area (Å²) in [5, 5.41) is 3.58. The summed E-state index contributed by atoms with van der Waals surface area (Å²) >= 11 is 2.00. The number of benzene rings is 1. The molecule has 1 heterocycles. The summed E-state index contributed by atoms with van der Waals surface area (Å²) in [6.45, 7) is 2.90. The smallest absolute Gasteiger partial charge is 0.0205 e. The second kappa shape index (κ2) is 5.24. The van der Waals surface area contributed by atoms with Crippen LogP contribution >= 0.6 is 11.8 Å². The molecule has 1 aliphatic carbocycles. The summed E-state index contributed by atoms with van der Waals surface area (Å²) in [5.74, 6) is 1.28. The Bertz CT molecular complexity index is 427. The molecule has 0 amide bonds. The van der Waals surface area contributed by atoms with Gasteiger partial charge in [-0.25, -0.2) is 0 Å². The van der Waals surface area contributed by atoms with Crippen molar-refractivity contribution in [2.75, 3.05) is 18.8 Å². The lowest BCUT2D eigenvalue weighted by Crippen LogP contribution is -2.29. The van der Waals surface area contributed by atoms with Gasteiger partial charge in [0, 0.05) is 18.0 Å². The number of aryl methyl sites for hydroxylation is 1. The van der Waals surface area contributed by atoms with E-state index < -0.39 is 0 Å². The van der Waals surface area contributed by atoms with Gasteiger partial charge >= 0.3 is 0 Å². The predicted octanol–water partition coefficient (Wildman–Crippen LogP) is 2.55. The minimum atomic E-state index is 0.435. The largest absolute Gasteiger partial charge is 0.330 e. The second-order valence-corrected chi connectivity index (χ2v) is 6.84. The SMILES string of the molecule is NCC1(CNCc2ccc3c(c2)CCCS3)CC1. The monoisotopic (exact) mass is 262 g/mol. The molecule has 0 unspecified atom stereocenters. The molecule has 2 aliphatic rings. The lowest BCUT2D eigenvalue weighted by molar-refractivity contribution is 0.467. The Hall–Kier alpha value is -0.510. The van der Waals surface area contributed by atoms with Crippen molar-refractivity contribution in [1.29, 1.82) is 0 Å². The zero-order chi connectivity index (χ0) is 12.4. The fraction of sp³-hybridized carbons (Fsp3) is 0.600. The van der Waals surface area contributed by atoms with Crippen LogP contribution in [0.25, 0.3) is 0 Å². The van der Waals surface area contributed by atoms with Crippen molar-refractivity contribution < 1.29 is 0 Å². The van der Waals surface area contributed by atoms with E-state index in [4.69, 9.17) is 5.73 Å². The fourth-order valence-corrected chi connectivity index (χ4v) is 3.64. The van der Waals surface area contributed by atoms with Crippen molar-refractivity contribution in [2.45, 2.75) is 37.1 Å². The van der Waals surface area contributed by atoms with Crippen LogP contribution < -0.4 is 11.1 Å². The Labute approximate surface area is 114 Å². The zero-order valence-corrected chi connectivity index (χ0v) is 11.7. The molecular weight excluding hydrogens is 240 g/mol. The first-order valence-corrected chi connectivity index (χ1v) is 7.95. The Balaban J connectivity index is 1.56. The van der Waals surface area contributed by atoms with E-state index in [-0.39, 0.29) is 0 Å². The molecule has 1 aromatic rings. The summed E-state index contributed by atoms with van der Waals surface area (Å²) in [6, 6.07) is 6.95. The topological polar surface area (TPSA) is 38.0 Å². The molecule has 1 aliphatic heterocycles. The molecule has 3 rings (SSSR count). The third-order valence-corrected chi connectivity index (χ3v) is 5.39. The molecule has 0 radical (unpaired) electrons. The van der Waals surface area contributed by atoms with Crippen molar-refractivity contribution in [3.8, 4) is 0 Å². The minimum absolute atomic E-state index is 0.435. The number of hydrogen-bond acceptors (Lipinski definition) is 3. The maximum atomic E-state index is 5.80. The Morgan fingerprint density at radius 3 is 3.00 bits per heavy atom. The molecular formula is C15H22N2S. The average molecular weight is 262 g/mol. The van der Waals surface area contributed by atoms with Crippen LogP contribution in [0.5, 0.6) is 0 Å². The van der Waals surface area contributed by atoms with Crippen molar-refractivity contribution in [2.24, 2.45) is 11.1 Å². The lowest BCUT2D eigenvalue weighted by atomic mass is 10.1. The number of nitrogens with one attached hydrogen (secondary N) is 1. The van der Waals surface area contributed by atoms with Gasteiger partial charge in [-0.15, -0.1) is 11.8 Å². The molecule has 1 aromatic carbocycles. The Morgan fingerprint density at radius 2 is 2.22 bits per heavy atom. The number of thioether (sulfide) groups is 1. The van der Waals surface area contributed by atoms with Gasteiger partial charge in [0.2, 0.25) is 0 Å². The van der Waals surface area contributed by atoms with E-state index in [0.717, 1.165) is 19.6 Å². The molecule has 2 nitrogen and oxygen atoms in total. The van der Waals surface area contributed by atoms with Crippen LogP contribution in [-0.2, 0) is 13.0 Å². The van der Waals surface area contributed by atoms with Gasteiger partial charge in [0.15, 0.2) is 0 Å². The van der Waals surface area contributed by atoms with Crippen molar-refractivity contribution >= 4 is 11.8 Å². The second-order valence-electron chi connectivity index (χ2n) is 5.70. The van der Waals surface area contributed by atoms with Gasteiger partial charge in [0.05, 0.1) is 0 Å². The third-order valence-electron chi connectivity index (χ3n) is 4.19. The molecule has 3 heteroatoms. The van der Waals surface area contributed by atoms with Gasteiger partial charge in [-0.1, -0.05) is 12.1 Å². The van der Waals surface area contributed by atoms with Gasteiger partial charge in [-0.3, -0.25) is 0 Å². The van der Waals surface area contributed by atoms with E-state index in [1.54, 1.807) is 5.56 Å². The maximum Gasteiger partial charge on any atom is 0.0205 e. The quantitative estimate of drug-likeness (QED) is 0.856. The number of rotatable bonds is 5. The Kier molecular flexibility index (Phi) is 3.64. The van der Waals surface area contributed by atoms with Crippen LogP contribution in [0.15, 0.2) is 23.1 Å². The first kappa shape index (κ1) is 12.5. The van der Waals surface area contributed by atoms with E-state index in [1.807, 2.05) is 11.8 Å². The van der Waals surface area contributed by atoms with Crippen LogP contribution in [0.3, 0.4) is 0 Å². The predicted molar refractivity (Wildman–Crippen MR) is 77.9 cm³/mol. The van der Waals surface area contributed by atoms with Crippen LogP contribution in [0.1, 0.15) is 30.4 Å².